The lowest BCUT2D eigenvalue weighted by molar-refractivity contribution is -0.154. The zero-order valence-electron chi connectivity index (χ0n) is 9.38. The van der Waals surface area contributed by atoms with Gasteiger partial charge in [-0.05, 0) is 6.07 Å². The number of carbonyl (C=O) groups is 2. The van der Waals surface area contributed by atoms with Gasteiger partial charge in [-0.1, -0.05) is 0 Å². The van der Waals surface area contributed by atoms with Crippen LogP contribution in [-0.2, 0) is 9.53 Å². The van der Waals surface area contributed by atoms with Crippen molar-refractivity contribution in [1.82, 2.24) is 9.88 Å². The zero-order valence-corrected chi connectivity index (χ0v) is 9.38. The van der Waals surface area contributed by atoms with Crippen LogP contribution in [0.4, 0.5) is 4.39 Å². The van der Waals surface area contributed by atoms with E-state index in [1.54, 1.807) is 0 Å². The summed E-state index contributed by atoms with van der Waals surface area (Å²) in [5, 5.41) is 8.82. The van der Waals surface area contributed by atoms with Gasteiger partial charge in [-0.2, -0.15) is 0 Å². The van der Waals surface area contributed by atoms with Crippen LogP contribution in [0.15, 0.2) is 18.5 Å². The van der Waals surface area contributed by atoms with Gasteiger partial charge in [0.25, 0.3) is 5.91 Å². The summed E-state index contributed by atoms with van der Waals surface area (Å²) in [6.45, 7) is 0.274. The van der Waals surface area contributed by atoms with Crippen molar-refractivity contribution in [3.05, 3.63) is 29.8 Å². The number of hydrogen-bond acceptors (Lipinski definition) is 4. The van der Waals surface area contributed by atoms with Crippen LogP contribution in [0.5, 0.6) is 0 Å². The predicted molar refractivity (Wildman–Crippen MR) is 57.5 cm³/mol. The Bertz CT molecular complexity index is 480. The number of ether oxygens (including phenoxy) is 1. The molecule has 2 rings (SSSR count). The standard InChI is InChI=1S/C11H11FN2O4/c12-8-5-13-2-1-7(8)10(15)14-3-4-18-9(6-14)11(16)17/h1-2,5,9H,3-4,6H2,(H,16,17). The maximum absolute atomic E-state index is 13.4. The first-order chi connectivity index (χ1) is 8.59. The fourth-order valence-electron chi connectivity index (χ4n) is 1.70. The second kappa shape index (κ2) is 5.09. The first-order valence-electron chi connectivity index (χ1n) is 5.33. The first-order valence-corrected chi connectivity index (χ1v) is 5.33. The lowest BCUT2D eigenvalue weighted by Crippen LogP contribution is -2.48. The molecule has 1 aromatic heterocycles. The summed E-state index contributed by atoms with van der Waals surface area (Å²) in [7, 11) is 0. The molecule has 1 fully saturated rings. The molecule has 0 bridgehead atoms. The first kappa shape index (κ1) is 12.4. The molecular formula is C11H11FN2O4. The van der Waals surface area contributed by atoms with Crippen molar-refractivity contribution in [2.75, 3.05) is 19.7 Å². The Kier molecular flexibility index (Phi) is 3.52. The molecule has 0 aromatic carbocycles. The van der Waals surface area contributed by atoms with Gasteiger partial charge in [0.2, 0.25) is 0 Å². The molecule has 96 valence electrons. The lowest BCUT2D eigenvalue weighted by Gasteiger charge is -2.30. The van der Waals surface area contributed by atoms with Crippen molar-refractivity contribution in [2.24, 2.45) is 0 Å². The highest BCUT2D eigenvalue weighted by Crippen LogP contribution is 2.12. The average Bonchev–Trinajstić information content (AvgIpc) is 2.38. The van der Waals surface area contributed by atoms with Gasteiger partial charge in [0.15, 0.2) is 11.9 Å². The highest BCUT2D eigenvalue weighted by atomic mass is 19.1. The number of carboxylic acids is 1. The second-order valence-electron chi connectivity index (χ2n) is 3.80. The minimum absolute atomic E-state index is 0.0874. The SMILES string of the molecule is O=C(O)C1CN(C(=O)c2ccncc2F)CCO1. The number of morpholine rings is 1. The Morgan fingerprint density at radius 2 is 2.33 bits per heavy atom. The van der Waals surface area contributed by atoms with Crippen LogP contribution in [0.25, 0.3) is 0 Å². The third-order valence-corrected chi connectivity index (χ3v) is 2.63. The zero-order chi connectivity index (χ0) is 13.1. The van der Waals surface area contributed by atoms with E-state index in [9.17, 15) is 14.0 Å². The third kappa shape index (κ3) is 2.45. The van der Waals surface area contributed by atoms with Gasteiger partial charge in [-0.3, -0.25) is 9.78 Å². The van der Waals surface area contributed by atoms with Gasteiger partial charge in [0.05, 0.1) is 24.9 Å². The molecule has 7 heteroatoms. The molecule has 6 nitrogen and oxygen atoms in total. The van der Waals surface area contributed by atoms with Gasteiger partial charge in [0.1, 0.15) is 0 Å². The molecule has 0 saturated carbocycles. The number of aromatic nitrogens is 1. The molecule has 1 atom stereocenters. The van der Waals surface area contributed by atoms with Gasteiger partial charge >= 0.3 is 5.97 Å². The van der Waals surface area contributed by atoms with Gasteiger partial charge in [0, 0.05) is 12.7 Å². The van der Waals surface area contributed by atoms with Crippen molar-refractivity contribution in [1.29, 1.82) is 0 Å². The van der Waals surface area contributed by atoms with Crippen LogP contribution in [0, 0.1) is 5.82 Å². The van der Waals surface area contributed by atoms with E-state index in [1.165, 1.54) is 17.2 Å². The van der Waals surface area contributed by atoms with E-state index in [0.29, 0.717) is 0 Å². The van der Waals surface area contributed by atoms with Crippen LogP contribution in [0.2, 0.25) is 0 Å². The number of amides is 1. The predicted octanol–water partition coefficient (Wildman–Crippen LogP) is 0.146. The number of hydrogen-bond donors (Lipinski definition) is 1. The van der Waals surface area contributed by atoms with Crippen molar-refractivity contribution in [3.63, 3.8) is 0 Å². The molecule has 2 heterocycles. The summed E-state index contributed by atoms with van der Waals surface area (Å²) >= 11 is 0. The van der Waals surface area contributed by atoms with E-state index in [4.69, 9.17) is 9.84 Å². The summed E-state index contributed by atoms with van der Waals surface area (Å²) < 4.78 is 18.4. The molecule has 1 aromatic rings. The molecule has 1 aliphatic rings. The van der Waals surface area contributed by atoms with Crippen molar-refractivity contribution < 1.29 is 23.8 Å². The van der Waals surface area contributed by atoms with Crippen LogP contribution < -0.4 is 0 Å². The normalized spacial score (nSPS) is 19.6. The fourth-order valence-corrected chi connectivity index (χ4v) is 1.70. The molecule has 1 aliphatic heterocycles. The van der Waals surface area contributed by atoms with Crippen LogP contribution >= 0.6 is 0 Å². The van der Waals surface area contributed by atoms with Crippen molar-refractivity contribution in [3.8, 4) is 0 Å². The van der Waals surface area contributed by atoms with Crippen LogP contribution in [0.1, 0.15) is 10.4 Å². The summed E-state index contributed by atoms with van der Waals surface area (Å²) in [6, 6.07) is 1.27. The summed E-state index contributed by atoms with van der Waals surface area (Å²) in [6.07, 6.45) is 1.20. The van der Waals surface area contributed by atoms with Gasteiger partial charge in [-0.25, -0.2) is 9.18 Å². The monoisotopic (exact) mass is 254 g/mol. The number of halogens is 1. The van der Waals surface area contributed by atoms with E-state index in [1.807, 2.05) is 0 Å². The third-order valence-electron chi connectivity index (χ3n) is 2.63. The van der Waals surface area contributed by atoms with E-state index < -0.39 is 23.8 Å². The van der Waals surface area contributed by atoms with Crippen LogP contribution in [0.3, 0.4) is 0 Å². The molecule has 1 amide bonds. The van der Waals surface area contributed by atoms with Crippen LogP contribution in [-0.4, -0.2) is 52.7 Å². The summed E-state index contributed by atoms with van der Waals surface area (Å²) in [4.78, 5) is 27.6. The Morgan fingerprint density at radius 3 is 3.00 bits per heavy atom. The second-order valence-corrected chi connectivity index (χ2v) is 3.80. The topological polar surface area (TPSA) is 79.7 Å². The molecule has 0 spiro atoms. The molecular weight excluding hydrogens is 243 g/mol. The van der Waals surface area contributed by atoms with Gasteiger partial charge < -0.3 is 14.7 Å². The summed E-state index contributed by atoms with van der Waals surface area (Å²) in [5.41, 5.74) is -0.115. The maximum Gasteiger partial charge on any atom is 0.334 e. The van der Waals surface area contributed by atoms with E-state index in [-0.39, 0.29) is 25.3 Å². The lowest BCUT2D eigenvalue weighted by atomic mass is 10.2. The molecule has 1 N–H and O–H groups in total. The number of carbonyl (C=O) groups excluding carboxylic acids is 1. The van der Waals surface area contributed by atoms with E-state index in [0.717, 1.165) is 6.20 Å². The maximum atomic E-state index is 13.4. The highest BCUT2D eigenvalue weighted by molar-refractivity contribution is 5.94. The van der Waals surface area contributed by atoms with E-state index >= 15 is 0 Å². The molecule has 1 saturated heterocycles. The molecule has 18 heavy (non-hydrogen) atoms. The number of nitrogens with zero attached hydrogens (tertiary/aromatic N) is 2. The van der Waals surface area contributed by atoms with Crippen molar-refractivity contribution in [2.45, 2.75) is 6.10 Å². The number of aliphatic carboxylic acids is 1. The Morgan fingerprint density at radius 1 is 1.56 bits per heavy atom. The fraction of sp³-hybridized carbons (Fsp3) is 0.364. The molecule has 0 radical (unpaired) electrons. The molecule has 1 unspecified atom stereocenters. The highest BCUT2D eigenvalue weighted by Gasteiger charge is 2.30. The minimum atomic E-state index is -1.14. The smallest absolute Gasteiger partial charge is 0.334 e. The van der Waals surface area contributed by atoms with Gasteiger partial charge in [-0.15, -0.1) is 0 Å². The summed E-state index contributed by atoms with van der Waals surface area (Å²) in [5.74, 6) is -2.41. The number of rotatable bonds is 2. The molecule has 0 aliphatic carbocycles. The quantitative estimate of drug-likeness (QED) is 0.812. The largest absolute Gasteiger partial charge is 0.479 e. The number of pyridine rings is 1. The van der Waals surface area contributed by atoms with Crippen molar-refractivity contribution >= 4 is 11.9 Å². The van der Waals surface area contributed by atoms with E-state index in [2.05, 4.69) is 4.98 Å². The Hall–Kier alpha value is -2.02. The Labute approximate surface area is 102 Å². The number of carboxylic acid groups (broad SMARTS) is 1. The average molecular weight is 254 g/mol. The Balaban J connectivity index is 2.14. The minimum Gasteiger partial charge on any atom is -0.479 e.